The molecule has 1 aliphatic rings. The number of alkyl halides is 2. The van der Waals surface area contributed by atoms with Gasteiger partial charge >= 0.3 is 0 Å². The molecule has 0 aliphatic carbocycles. The van der Waals surface area contributed by atoms with Gasteiger partial charge < -0.3 is 9.30 Å². The smallest absolute Gasteiger partial charge is 0.239 e. The lowest BCUT2D eigenvalue weighted by molar-refractivity contribution is 0.101. The Bertz CT molecular complexity index is 919. The van der Waals surface area contributed by atoms with Crippen LogP contribution in [0.25, 0.3) is 22.4 Å². The van der Waals surface area contributed by atoms with Gasteiger partial charge in [-0.15, -0.1) is 0 Å². The third-order valence-electron chi connectivity index (χ3n) is 4.88. The normalized spacial score (nSPS) is 19.4. The highest BCUT2D eigenvalue weighted by Crippen LogP contribution is 2.45. The summed E-state index contributed by atoms with van der Waals surface area (Å²) in [5.41, 5.74) is 2.98. The lowest BCUT2D eigenvalue weighted by Gasteiger charge is -2.37. The van der Waals surface area contributed by atoms with Gasteiger partial charge in [0, 0.05) is 23.9 Å². The lowest BCUT2D eigenvalue weighted by Crippen LogP contribution is -2.34. The number of methoxy groups -OCH3 is 1. The molecule has 2 aromatic carbocycles. The maximum atomic E-state index is 13.3. The standard InChI is InChI=1S/C19H18F2N2O/c1-19(10-17(20)21)11-23-16-6-4-3-5-15(16)22-18(23)13-8-7-12(24-2)9-14(13)19/h3-9,17H,10-11H2,1-2H3. The quantitative estimate of drug-likeness (QED) is 0.700. The average Bonchev–Trinajstić information content (AvgIpc) is 2.92. The fourth-order valence-electron chi connectivity index (χ4n) is 3.74. The predicted octanol–water partition coefficient (Wildman–Crippen LogP) is 4.64. The number of benzene rings is 2. The number of aromatic nitrogens is 2. The molecule has 24 heavy (non-hydrogen) atoms. The van der Waals surface area contributed by atoms with Gasteiger partial charge in [-0.3, -0.25) is 0 Å². The summed E-state index contributed by atoms with van der Waals surface area (Å²) in [6.45, 7) is 2.38. The number of rotatable bonds is 3. The van der Waals surface area contributed by atoms with E-state index in [1.54, 1.807) is 7.11 Å². The minimum absolute atomic E-state index is 0.195. The van der Waals surface area contributed by atoms with E-state index in [1.165, 1.54) is 0 Å². The predicted molar refractivity (Wildman–Crippen MR) is 89.7 cm³/mol. The van der Waals surface area contributed by atoms with E-state index in [4.69, 9.17) is 9.72 Å². The number of halogens is 2. The van der Waals surface area contributed by atoms with E-state index >= 15 is 0 Å². The molecule has 4 rings (SSSR count). The number of hydrogen-bond donors (Lipinski definition) is 0. The summed E-state index contributed by atoms with van der Waals surface area (Å²) in [5, 5.41) is 0. The van der Waals surface area contributed by atoms with E-state index in [0.29, 0.717) is 12.3 Å². The number of para-hydroxylation sites is 2. The van der Waals surface area contributed by atoms with Crippen LogP contribution in [0.4, 0.5) is 8.78 Å². The highest BCUT2D eigenvalue weighted by molar-refractivity contribution is 5.82. The molecule has 0 saturated heterocycles. The van der Waals surface area contributed by atoms with E-state index in [9.17, 15) is 8.78 Å². The molecule has 1 aromatic heterocycles. The van der Waals surface area contributed by atoms with Crippen molar-refractivity contribution in [1.82, 2.24) is 9.55 Å². The van der Waals surface area contributed by atoms with Crippen molar-refractivity contribution >= 4 is 11.0 Å². The van der Waals surface area contributed by atoms with Crippen molar-refractivity contribution in [3.05, 3.63) is 48.0 Å². The minimum atomic E-state index is -2.37. The first-order chi connectivity index (χ1) is 11.5. The Labute approximate surface area is 138 Å². The summed E-state index contributed by atoms with van der Waals surface area (Å²) in [6.07, 6.45) is -2.57. The summed E-state index contributed by atoms with van der Waals surface area (Å²) < 4.78 is 34.0. The highest BCUT2D eigenvalue weighted by atomic mass is 19.3. The first kappa shape index (κ1) is 15.1. The van der Waals surface area contributed by atoms with Crippen LogP contribution < -0.4 is 4.74 Å². The Hall–Kier alpha value is -2.43. The largest absolute Gasteiger partial charge is 0.497 e. The van der Waals surface area contributed by atoms with E-state index in [2.05, 4.69) is 4.57 Å². The molecule has 5 heteroatoms. The second-order valence-electron chi connectivity index (χ2n) is 6.58. The van der Waals surface area contributed by atoms with Crippen molar-refractivity contribution in [2.24, 2.45) is 0 Å². The summed E-state index contributed by atoms with van der Waals surface area (Å²) in [6, 6.07) is 13.5. The molecule has 0 radical (unpaired) electrons. The maximum Gasteiger partial charge on any atom is 0.239 e. The monoisotopic (exact) mass is 328 g/mol. The van der Waals surface area contributed by atoms with Crippen LogP contribution in [-0.2, 0) is 12.0 Å². The van der Waals surface area contributed by atoms with E-state index in [-0.39, 0.29) is 6.42 Å². The maximum absolute atomic E-state index is 13.3. The van der Waals surface area contributed by atoms with Gasteiger partial charge in [-0.1, -0.05) is 19.1 Å². The molecule has 3 nitrogen and oxygen atoms in total. The van der Waals surface area contributed by atoms with Crippen molar-refractivity contribution in [3.63, 3.8) is 0 Å². The molecular formula is C19H18F2N2O. The van der Waals surface area contributed by atoms with Gasteiger partial charge in [0.05, 0.1) is 18.1 Å². The second-order valence-corrected chi connectivity index (χ2v) is 6.58. The van der Waals surface area contributed by atoms with Crippen molar-refractivity contribution in [3.8, 4) is 17.1 Å². The SMILES string of the molecule is COc1ccc2c(c1)C(C)(CC(F)F)Cn1c-2nc2ccccc21. The summed E-state index contributed by atoms with van der Waals surface area (Å²) in [4.78, 5) is 4.73. The summed E-state index contributed by atoms with van der Waals surface area (Å²) in [7, 11) is 1.59. The third kappa shape index (κ3) is 2.19. The van der Waals surface area contributed by atoms with Crippen molar-refractivity contribution < 1.29 is 13.5 Å². The molecule has 1 atom stereocenters. The molecule has 1 aliphatic heterocycles. The van der Waals surface area contributed by atoms with Crippen LogP contribution >= 0.6 is 0 Å². The fourth-order valence-corrected chi connectivity index (χ4v) is 3.74. The zero-order chi connectivity index (χ0) is 16.9. The lowest BCUT2D eigenvalue weighted by atomic mass is 9.75. The molecule has 0 amide bonds. The van der Waals surface area contributed by atoms with Gasteiger partial charge in [-0.25, -0.2) is 13.8 Å². The number of imidazole rings is 1. The van der Waals surface area contributed by atoms with Gasteiger partial charge in [0.25, 0.3) is 0 Å². The zero-order valence-electron chi connectivity index (χ0n) is 13.6. The Morgan fingerprint density at radius 1 is 1.25 bits per heavy atom. The molecular weight excluding hydrogens is 310 g/mol. The van der Waals surface area contributed by atoms with Gasteiger partial charge in [-0.2, -0.15) is 0 Å². The number of fused-ring (bicyclic) bond motifs is 5. The average molecular weight is 328 g/mol. The van der Waals surface area contributed by atoms with E-state index in [1.807, 2.05) is 49.4 Å². The molecule has 0 fully saturated rings. The Morgan fingerprint density at radius 2 is 2.04 bits per heavy atom. The summed E-state index contributed by atoms with van der Waals surface area (Å²) >= 11 is 0. The third-order valence-corrected chi connectivity index (χ3v) is 4.88. The molecule has 1 unspecified atom stereocenters. The van der Waals surface area contributed by atoms with Crippen LogP contribution in [0.3, 0.4) is 0 Å². The van der Waals surface area contributed by atoms with Crippen LogP contribution in [0.15, 0.2) is 42.5 Å². The van der Waals surface area contributed by atoms with Crippen molar-refractivity contribution in [2.45, 2.75) is 31.7 Å². The zero-order valence-corrected chi connectivity index (χ0v) is 13.6. The number of nitrogens with zero attached hydrogens (tertiary/aromatic N) is 2. The van der Waals surface area contributed by atoms with E-state index < -0.39 is 11.8 Å². The minimum Gasteiger partial charge on any atom is -0.497 e. The molecule has 2 heterocycles. The first-order valence-electron chi connectivity index (χ1n) is 7.94. The Kier molecular flexibility index (Phi) is 3.34. The molecule has 0 spiro atoms. The van der Waals surface area contributed by atoms with Crippen LogP contribution in [0.1, 0.15) is 18.9 Å². The number of ether oxygens (including phenoxy) is 1. The topological polar surface area (TPSA) is 27.1 Å². The molecule has 124 valence electrons. The number of hydrogen-bond acceptors (Lipinski definition) is 2. The summed E-state index contributed by atoms with van der Waals surface area (Å²) in [5.74, 6) is 1.51. The Morgan fingerprint density at radius 3 is 2.79 bits per heavy atom. The molecule has 0 bridgehead atoms. The molecule has 0 saturated carbocycles. The van der Waals surface area contributed by atoms with Crippen LogP contribution in [-0.4, -0.2) is 23.1 Å². The Balaban J connectivity index is 2.00. The van der Waals surface area contributed by atoms with Crippen LogP contribution in [0.2, 0.25) is 0 Å². The van der Waals surface area contributed by atoms with Crippen molar-refractivity contribution in [2.75, 3.05) is 7.11 Å². The highest BCUT2D eigenvalue weighted by Gasteiger charge is 2.39. The van der Waals surface area contributed by atoms with Gasteiger partial charge in [-0.05, 0) is 35.9 Å². The second kappa shape index (κ2) is 5.30. The van der Waals surface area contributed by atoms with Gasteiger partial charge in [0.1, 0.15) is 11.6 Å². The van der Waals surface area contributed by atoms with Gasteiger partial charge in [0.2, 0.25) is 6.43 Å². The van der Waals surface area contributed by atoms with Crippen LogP contribution in [0.5, 0.6) is 5.75 Å². The first-order valence-corrected chi connectivity index (χ1v) is 7.94. The van der Waals surface area contributed by atoms with Crippen LogP contribution in [0, 0.1) is 0 Å². The molecule has 0 N–H and O–H groups in total. The van der Waals surface area contributed by atoms with Gasteiger partial charge in [0.15, 0.2) is 0 Å². The van der Waals surface area contributed by atoms with Crippen molar-refractivity contribution in [1.29, 1.82) is 0 Å². The molecule has 3 aromatic rings. The van der Waals surface area contributed by atoms with E-state index in [0.717, 1.165) is 28.0 Å². The fraction of sp³-hybridized carbons (Fsp3) is 0.316.